The van der Waals surface area contributed by atoms with Crippen molar-refractivity contribution in [3.63, 3.8) is 0 Å². The molecule has 1 aromatic carbocycles. The summed E-state index contributed by atoms with van der Waals surface area (Å²) in [4.78, 5) is 12.5. The first-order chi connectivity index (χ1) is 11.9. The van der Waals surface area contributed by atoms with Gasteiger partial charge in [0.1, 0.15) is 0 Å². The molecule has 1 aliphatic heterocycles. The summed E-state index contributed by atoms with van der Waals surface area (Å²) in [5, 5.41) is 15.2. The average Bonchev–Trinajstić information content (AvgIpc) is 2.60. The summed E-state index contributed by atoms with van der Waals surface area (Å²) in [6.07, 6.45) is 1.57. The van der Waals surface area contributed by atoms with E-state index < -0.39 is 10.0 Å². The van der Waals surface area contributed by atoms with Crippen molar-refractivity contribution in [3.8, 4) is 0 Å². The van der Waals surface area contributed by atoms with Gasteiger partial charge >= 0.3 is 0 Å². The van der Waals surface area contributed by atoms with Gasteiger partial charge in [-0.25, -0.2) is 8.42 Å². The van der Waals surface area contributed by atoms with Crippen LogP contribution in [0.15, 0.2) is 29.2 Å². The molecule has 1 fully saturated rings. The molecule has 0 aromatic heterocycles. The molecular formula is C17H28ClN3O4S. The lowest BCUT2D eigenvalue weighted by Crippen LogP contribution is -2.42. The second-order valence-electron chi connectivity index (χ2n) is 6.45. The highest BCUT2D eigenvalue weighted by atomic mass is 35.5. The molecule has 7 nitrogen and oxygen atoms in total. The normalized spacial score (nSPS) is 20.5. The van der Waals surface area contributed by atoms with Crippen molar-refractivity contribution in [3.05, 3.63) is 29.8 Å². The minimum atomic E-state index is -3.70. The highest BCUT2D eigenvalue weighted by Gasteiger charge is 2.26. The summed E-state index contributed by atoms with van der Waals surface area (Å²) in [6, 6.07) is 6.94. The molecule has 148 valence electrons. The van der Waals surface area contributed by atoms with Crippen molar-refractivity contribution in [1.82, 2.24) is 14.9 Å². The number of aliphatic hydroxyl groups is 1. The Morgan fingerprint density at radius 3 is 2.73 bits per heavy atom. The number of benzene rings is 1. The van der Waals surface area contributed by atoms with Crippen LogP contribution in [0, 0.1) is 5.92 Å². The molecule has 0 spiro atoms. The summed E-state index contributed by atoms with van der Waals surface area (Å²) < 4.78 is 26.4. The third-order valence-electron chi connectivity index (χ3n) is 4.52. The molecule has 2 atom stereocenters. The number of hydrogen-bond donors (Lipinski definition) is 3. The first-order valence-corrected chi connectivity index (χ1v) is 9.96. The number of piperidine rings is 1. The second kappa shape index (κ2) is 10.2. The van der Waals surface area contributed by atoms with E-state index in [1.54, 1.807) is 18.2 Å². The number of nitrogens with one attached hydrogen (secondary N) is 2. The maximum absolute atomic E-state index is 12.6. The molecule has 0 radical (unpaired) electrons. The molecule has 0 saturated carbocycles. The van der Waals surface area contributed by atoms with Gasteiger partial charge in [0.2, 0.25) is 15.9 Å². The van der Waals surface area contributed by atoms with Crippen LogP contribution in [0.5, 0.6) is 0 Å². The van der Waals surface area contributed by atoms with Gasteiger partial charge in [-0.15, -0.1) is 12.4 Å². The van der Waals surface area contributed by atoms with E-state index in [2.05, 4.69) is 17.6 Å². The maximum Gasteiger partial charge on any atom is 0.243 e. The highest BCUT2D eigenvalue weighted by Crippen LogP contribution is 2.20. The van der Waals surface area contributed by atoms with E-state index >= 15 is 0 Å². The standard InChI is InChI=1S/C17H27N3O4S.ClH/c1-13-11-14(7-8-18-13)17(22)19-12-15-5-3-4-6-16(15)25(23,24)20(2)9-10-21;/h3-6,13-14,18,21H,7-12H2,1-2H3,(H,19,22);1H/t13-,14-;/m0./s1. The van der Waals surface area contributed by atoms with Gasteiger partial charge in [-0.1, -0.05) is 18.2 Å². The number of carbonyl (C=O) groups is 1. The van der Waals surface area contributed by atoms with Crippen molar-refractivity contribution in [1.29, 1.82) is 0 Å². The smallest absolute Gasteiger partial charge is 0.243 e. The van der Waals surface area contributed by atoms with Gasteiger partial charge in [-0.05, 0) is 37.9 Å². The summed E-state index contributed by atoms with van der Waals surface area (Å²) >= 11 is 0. The van der Waals surface area contributed by atoms with Gasteiger partial charge in [0.05, 0.1) is 11.5 Å². The number of likely N-dealkylation sites (N-methyl/N-ethyl adjacent to an activating group) is 1. The quantitative estimate of drug-likeness (QED) is 0.621. The highest BCUT2D eigenvalue weighted by molar-refractivity contribution is 7.89. The molecule has 0 bridgehead atoms. The number of sulfonamides is 1. The molecule has 3 N–H and O–H groups in total. The monoisotopic (exact) mass is 405 g/mol. The number of hydrogen-bond acceptors (Lipinski definition) is 5. The lowest BCUT2D eigenvalue weighted by molar-refractivity contribution is -0.126. The van der Waals surface area contributed by atoms with Crippen LogP contribution in [0.4, 0.5) is 0 Å². The lowest BCUT2D eigenvalue weighted by Gasteiger charge is -2.27. The lowest BCUT2D eigenvalue weighted by atomic mass is 9.92. The number of amides is 1. The third kappa shape index (κ3) is 5.65. The zero-order chi connectivity index (χ0) is 18.4. The van der Waals surface area contributed by atoms with Gasteiger partial charge in [-0.3, -0.25) is 4.79 Å². The fraction of sp³-hybridized carbons (Fsp3) is 0.588. The topological polar surface area (TPSA) is 98.7 Å². The van der Waals surface area contributed by atoms with Crippen molar-refractivity contribution < 1.29 is 18.3 Å². The molecule has 2 rings (SSSR count). The van der Waals surface area contributed by atoms with Crippen molar-refractivity contribution in [2.24, 2.45) is 5.92 Å². The largest absolute Gasteiger partial charge is 0.395 e. The van der Waals surface area contributed by atoms with E-state index in [1.807, 2.05) is 0 Å². The van der Waals surface area contributed by atoms with E-state index in [1.165, 1.54) is 13.1 Å². The van der Waals surface area contributed by atoms with E-state index in [-0.39, 0.29) is 48.8 Å². The molecule has 0 unspecified atom stereocenters. The Kier molecular flexibility index (Phi) is 8.99. The first kappa shape index (κ1) is 22.9. The molecule has 1 aliphatic rings. The van der Waals surface area contributed by atoms with E-state index in [0.717, 1.165) is 23.7 Å². The molecule has 1 saturated heterocycles. The maximum atomic E-state index is 12.6. The number of aliphatic hydroxyl groups excluding tert-OH is 1. The van der Waals surface area contributed by atoms with E-state index in [4.69, 9.17) is 5.11 Å². The SMILES string of the molecule is C[C@H]1C[C@@H](C(=O)NCc2ccccc2S(=O)(=O)N(C)CCO)CCN1.Cl. The molecule has 1 heterocycles. The zero-order valence-corrected chi connectivity index (χ0v) is 16.8. The minimum Gasteiger partial charge on any atom is -0.395 e. The molecule has 0 aliphatic carbocycles. The Morgan fingerprint density at radius 2 is 2.08 bits per heavy atom. The second-order valence-corrected chi connectivity index (χ2v) is 8.47. The van der Waals surface area contributed by atoms with Gasteiger partial charge in [0.15, 0.2) is 0 Å². The van der Waals surface area contributed by atoms with Gasteiger partial charge in [0.25, 0.3) is 0 Å². The van der Waals surface area contributed by atoms with Crippen LogP contribution in [0.2, 0.25) is 0 Å². The minimum absolute atomic E-state index is 0. The first-order valence-electron chi connectivity index (χ1n) is 8.52. The number of rotatable bonds is 7. The van der Waals surface area contributed by atoms with E-state index in [0.29, 0.717) is 11.6 Å². The fourth-order valence-corrected chi connectivity index (χ4v) is 4.41. The van der Waals surface area contributed by atoms with Crippen LogP contribution in [0.25, 0.3) is 0 Å². The Hall–Kier alpha value is -1.19. The Labute approximate surface area is 161 Å². The summed E-state index contributed by atoms with van der Waals surface area (Å²) in [5.41, 5.74) is 0.544. The average molecular weight is 406 g/mol. The van der Waals surface area contributed by atoms with Crippen molar-refractivity contribution in [2.75, 3.05) is 26.7 Å². The molecular weight excluding hydrogens is 378 g/mol. The van der Waals surface area contributed by atoms with Gasteiger partial charge in [-0.2, -0.15) is 4.31 Å². The Bertz CT molecular complexity index is 699. The van der Waals surface area contributed by atoms with Crippen LogP contribution >= 0.6 is 12.4 Å². The molecule has 9 heteroatoms. The van der Waals surface area contributed by atoms with Crippen molar-refractivity contribution >= 4 is 28.3 Å². The summed E-state index contributed by atoms with van der Waals surface area (Å²) in [5.74, 6) is -0.0821. The predicted octanol–water partition coefficient (Wildman–Crippen LogP) is 0.725. The molecule has 1 aromatic rings. The number of halogens is 1. The Morgan fingerprint density at radius 1 is 1.38 bits per heavy atom. The van der Waals surface area contributed by atoms with Gasteiger partial charge < -0.3 is 15.7 Å². The van der Waals surface area contributed by atoms with Crippen LogP contribution in [0.3, 0.4) is 0 Å². The van der Waals surface area contributed by atoms with E-state index in [9.17, 15) is 13.2 Å². The van der Waals surface area contributed by atoms with Crippen molar-refractivity contribution in [2.45, 2.75) is 37.2 Å². The van der Waals surface area contributed by atoms with Crippen LogP contribution in [-0.2, 0) is 21.4 Å². The summed E-state index contributed by atoms with van der Waals surface area (Å²) in [6.45, 7) is 2.81. The zero-order valence-electron chi connectivity index (χ0n) is 15.1. The number of nitrogens with zero attached hydrogens (tertiary/aromatic N) is 1. The van der Waals surface area contributed by atoms with Crippen LogP contribution < -0.4 is 10.6 Å². The Balaban J connectivity index is 0.00000338. The number of carbonyl (C=O) groups excluding carboxylic acids is 1. The predicted molar refractivity (Wildman–Crippen MR) is 103 cm³/mol. The third-order valence-corrected chi connectivity index (χ3v) is 6.48. The molecule has 1 amide bonds. The van der Waals surface area contributed by atoms with Crippen LogP contribution in [0.1, 0.15) is 25.3 Å². The van der Waals surface area contributed by atoms with Crippen LogP contribution in [-0.4, -0.2) is 56.5 Å². The van der Waals surface area contributed by atoms with Gasteiger partial charge in [0, 0.05) is 32.1 Å². The fourth-order valence-electron chi connectivity index (χ4n) is 3.03. The molecule has 26 heavy (non-hydrogen) atoms. The summed E-state index contributed by atoms with van der Waals surface area (Å²) in [7, 11) is -2.27.